The lowest BCUT2D eigenvalue weighted by molar-refractivity contribution is 0.366. The molecule has 0 aliphatic heterocycles. The molecule has 138 valence electrons. The van der Waals surface area contributed by atoms with E-state index < -0.39 is 0 Å². The highest BCUT2D eigenvalue weighted by Crippen LogP contribution is 2.25. The van der Waals surface area contributed by atoms with Gasteiger partial charge in [-0.15, -0.1) is 0 Å². The van der Waals surface area contributed by atoms with Gasteiger partial charge < -0.3 is 15.2 Å². The van der Waals surface area contributed by atoms with Crippen molar-refractivity contribution in [1.29, 1.82) is 0 Å². The monoisotopic (exact) mass is 352 g/mol. The fourth-order valence-corrected chi connectivity index (χ4v) is 3.27. The van der Waals surface area contributed by atoms with Crippen molar-refractivity contribution in [2.45, 2.75) is 33.7 Å². The molecule has 3 rings (SSSR count). The van der Waals surface area contributed by atoms with Crippen LogP contribution in [0.4, 0.5) is 5.82 Å². The van der Waals surface area contributed by atoms with Crippen molar-refractivity contribution >= 4 is 16.9 Å². The van der Waals surface area contributed by atoms with Gasteiger partial charge in [-0.05, 0) is 32.4 Å². The predicted molar refractivity (Wildman–Crippen MR) is 108 cm³/mol. The van der Waals surface area contributed by atoms with E-state index in [4.69, 9.17) is 5.73 Å². The van der Waals surface area contributed by atoms with Gasteiger partial charge in [0.1, 0.15) is 11.3 Å². The molecular weight excluding hydrogens is 324 g/mol. The van der Waals surface area contributed by atoms with Crippen molar-refractivity contribution in [2.75, 3.05) is 26.0 Å². The highest BCUT2D eigenvalue weighted by Gasteiger charge is 2.15. The molecule has 2 aromatic heterocycles. The van der Waals surface area contributed by atoms with Crippen molar-refractivity contribution in [3.05, 3.63) is 53.2 Å². The van der Waals surface area contributed by atoms with Gasteiger partial charge >= 0.3 is 0 Å². The fourth-order valence-electron chi connectivity index (χ4n) is 3.27. The van der Waals surface area contributed by atoms with E-state index in [1.165, 1.54) is 5.70 Å². The topological polar surface area (TPSA) is 72.0 Å². The Kier molecular flexibility index (Phi) is 5.42. The van der Waals surface area contributed by atoms with Crippen molar-refractivity contribution in [2.24, 2.45) is 0 Å². The van der Waals surface area contributed by atoms with Crippen LogP contribution in [0.3, 0.4) is 0 Å². The van der Waals surface area contributed by atoms with E-state index in [1.54, 1.807) is 0 Å². The zero-order chi connectivity index (χ0) is 18.7. The molecule has 3 N–H and O–H groups in total. The van der Waals surface area contributed by atoms with Crippen molar-refractivity contribution in [3.8, 4) is 0 Å². The average molecular weight is 352 g/mol. The summed E-state index contributed by atoms with van der Waals surface area (Å²) in [5.74, 6) is 1.48. The summed E-state index contributed by atoms with van der Waals surface area (Å²) in [6.07, 6.45) is 11.5. The first-order valence-corrected chi connectivity index (χ1v) is 9.02. The standard InChI is InChI=1S/C20H28N6/c1-14-15(2)23-20(21)18-19(14)26(16(3)24-18)12-11-22-13-25(4)17-9-7-5-6-8-10-17/h5-9,22H,10-13H2,1-4H3,(H2,21,23). The number of anilines is 1. The van der Waals surface area contributed by atoms with Crippen LogP contribution in [0.25, 0.3) is 11.0 Å². The Balaban J connectivity index is 1.65. The minimum Gasteiger partial charge on any atom is -0.382 e. The summed E-state index contributed by atoms with van der Waals surface area (Å²) in [5.41, 5.74) is 11.4. The molecule has 0 fully saturated rings. The summed E-state index contributed by atoms with van der Waals surface area (Å²) >= 11 is 0. The highest BCUT2D eigenvalue weighted by molar-refractivity contribution is 5.88. The lowest BCUT2D eigenvalue weighted by Crippen LogP contribution is -2.32. The van der Waals surface area contributed by atoms with E-state index in [-0.39, 0.29) is 0 Å². The molecule has 26 heavy (non-hydrogen) atoms. The van der Waals surface area contributed by atoms with Crippen LogP contribution in [-0.4, -0.2) is 39.7 Å². The summed E-state index contributed by atoms with van der Waals surface area (Å²) in [5, 5.41) is 3.52. The number of nitrogens with zero attached hydrogens (tertiary/aromatic N) is 4. The average Bonchev–Trinajstić information content (AvgIpc) is 2.78. The Morgan fingerprint density at radius 3 is 2.81 bits per heavy atom. The quantitative estimate of drug-likeness (QED) is 0.618. The molecule has 2 heterocycles. The Morgan fingerprint density at radius 1 is 1.19 bits per heavy atom. The van der Waals surface area contributed by atoms with E-state index >= 15 is 0 Å². The van der Waals surface area contributed by atoms with E-state index in [2.05, 4.69) is 69.1 Å². The lowest BCUT2D eigenvalue weighted by Gasteiger charge is -2.22. The number of nitrogens with two attached hydrogens (primary N) is 1. The molecule has 0 spiro atoms. The zero-order valence-electron chi connectivity index (χ0n) is 16.1. The second-order valence-electron chi connectivity index (χ2n) is 6.75. The van der Waals surface area contributed by atoms with Crippen LogP contribution >= 0.6 is 0 Å². The summed E-state index contributed by atoms with van der Waals surface area (Å²) in [4.78, 5) is 11.3. The number of pyridine rings is 1. The molecule has 0 aromatic carbocycles. The minimum absolute atomic E-state index is 0.513. The van der Waals surface area contributed by atoms with Crippen LogP contribution in [0.1, 0.15) is 23.5 Å². The Bertz CT molecular complexity index is 888. The first-order chi connectivity index (χ1) is 12.5. The molecule has 6 nitrogen and oxygen atoms in total. The number of fused-ring (bicyclic) bond motifs is 1. The number of aryl methyl sites for hydroxylation is 3. The first kappa shape index (κ1) is 18.2. The molecule has 0 saturated heterocycles. The Hall–Kier alpha value is -2.60. The van der Waals surface area contributed by atoms with Crippen LogP contribution in [0, 0.1) is 20.8 Å². The molecule has 0 unspecified atom stereocenters. The number of nitrogens with one attached hydrogen (secondary N) is 1. The van der Waals surface area contributed by atoms with Crippen LogP contribution in [0.2, 0.25) is 0 Å². The van der Waals surface area contributed by atoms with Gasteiger partial charge in [0.05, 0.1) is 12.2 Å². The van der Waals surface area contributed by atoms with Crippen LogP contribution in [-0.2, 0) is 6.54 Å². The van der Waals surface area contributed by atoms with Gasteiger partial charge in [0.15, 0.2) is 5.82 Å². The Labute approximate surface area is 155 Å². The van der Waals surface area contributed by atoms with Gasteiger partial charge in [0, 0.05) is 37.9 Å². The molecule has 0 radical (unpaired) electrons. The summed E-state index contributed by atoms with van der Waals surface area (Å²) in [6, 6.07) is 0. The molecule has 0 atom stereocenters. The van der Waals surface area contributed by atoms with E-state index in [9.17, 15) is 0 Å². The van der Waals surface area contributed by atoms with Crippen molar-refractivity contribution in [1.82, 2.24) is 24.8 Å². The number of rotatable bonds is 6. The number of allylic oxidation sites excluding steroid dienone is 5. The van der Waals surface area contributed by atoms with Gasteiger partial charge in [0.25, 0.3) is 0 Å². The van der Waals surface area contributed by atoms with Gasteiger partial charge in [-0.3, -0.25) is 5.32 Å². The zero-order valence-corrected chi connectivity index (χ0v) is 16.1. The molecule has 1 aliphatic rings. The smallest absolute Gasteiger partial charge is 0.151 e. The number of hydrogen-bond acceptors (Lipinski definition) is 5. The van der Waals surface area contributed by atoms with E-state index in [0.717, 1.165) is 54.3 Å². The molecule has 2 aromatic rings. The second kappa shape index (κ2) is 7.74. The second-order valence-corrected chi connectivity index (χ2v) is 6.75. The Morgan fingerprint density at radius 2 is 2.00 bits per heavy atom. The molecule has 1 aliphatic carbocycles. The van der Waals surface area contributed by atoms with Gasteiger partial charge in [-0.1, -0.05) is 24.3 Å². The molecule has 0 bridgehead atoms. The number of imidazole rings is 1. The van der Waals surface area contributed by atoms with Gasteiger partial charge in [-0.25, -0.2) is 9.97 Å². The van der Waals surface area contributed by atoms with Crippen molar-refractivity contribution < 1.29 is 0 Å². The van der Waals surface area contributed by atoms with Crippen LogP contribution in [0.15, 0.2) is 36.1 Å². The maximum absolute atomic E-state index is 6.07. The summed E-state index contributed by atoms with van der Waals surface area (Å²) < 4.78 is 2.24. The maximum atomic E-state index is 6.07. The van der Waals surface area contributed by atoms with E-state index in [0.29, 0.717) is 5.82 Å². The number of aromatic nitrogens is 3. The van der Waals surface area contributed by atoms with Crippen LogP contribution < -0.4 is 11.1 Å². The van der Waals surface area contributed by atoms with Gasteiger partial charge in [-0.2, -0.15) is 0 Å². The maximum Gasteiger partial charge on any atom is 0.151 e. The summed E-state index contributed by atoms with van der Waals surface area (Å²) in [7, 11) is 2.11. The number of nitrogen functional groups attached to an aromatic ring is 1. The highest BCUT2D eigenvalue weighted by atomic mass is 15.2. The largest absolute Gasteiger partial charge is 0.382 e. The SMILES string of the molecule is Cc1nc(N)c2nc(C)n(CCNCN(C)C3=CC=CC=CC3)c2c1C. The van der Waals surface area contributed by atoms with Gasteiger partial charge in [0.2, 0.25) is 0 Å². The third-order valence-corrected chi connectivity index (χ3v) is 4.91. The lowest BCUT2D eigenvalue weighted by atomic mass is 10.2. The fraction of sp³-hybridized carbons (Fsp3) is 0.400. The third-order valence-electron chi connectivity index (χ3n) is 4.91. The predicted octanol–water partition coefficient (Wildman–Crippen LogP) is 2.82. The normalized spacial score (nSPS) is 13.9. The third kappa shape index (κ3) is 3.65. The van der Waals surface area contributed by atoms with Crippen LogP contribution in [0.5, 0.6) is 0 Å². The molecular formula is C20H28N6. The molecule has 0 saturated carbocycles. The van der Waals surface area contributed by atoms with E-state index in [1.807, 2.05) is 13.8 Å². The van der Waals surface area contributed by atoms with Crippen molar-refractivity contribution in [3.63, 3.8) is 0 Å². The first-order valence-electron chi connectivity index (χ1n) is 9.02. The minimum atomic E-state index is 0.513. The molecule has 0 amide bonds. The number of hydrogen-bond donors (Lipinski definition) is 2. The summed E-state index contributed by atoms with van der Waals surface area (Å²) in [6.45, 7) is 8.61. The molecule has 6 heteroatoms.